The minimum Gasteiger partial charge on any atom is -0.337 e. The second-order valence-electron chi connectivity index (χ2n) is 6.00. The highest BCUT2D eigenvalue weighted by atomic mass is 35.5. The van der Waals surface area contributed by atoms with Gasteiger partial charge in [-0.2, -0.15) is 0 Å². The SMILES string of the molecule is Cc1ccc(C(=O)N2CCC3CCC(C2)N3)c(C)c1.Cl. The van der Waals surface area contributed by atoms with Crippen LogP contribution in [0.25, 0.3) is 0 Å². The molecule has 1 aromatic carbocycles. The molecule has 2 fully saturated rings. The van der Waals surface area contributed by atoms with Crippen molar-refractivity contribution in [3.63, 3.8) is 0 Å². The van der Waals surface area contributed by atoms with E-state index in [1.54, 1.807) is 0 Å². The second-order valence-corrected chi connectivity index (χ2v) is 6.00. The van der Waals surface area contributed by atoms with Gasteiger partial charge in [-0.25, -0.2) is 0 Å². The molecule has 2 saturated heterocycles. The Bertz CT molecular complexity index is 503. The highest BCUT2D eigenvalue weighted by Gasteiger charge is 2.31. The molecule has 1 N–H and O–H groups in total. The van der Waals surface area contributed by atoms with Crippen LogP contribution in [0.5, 0.6) is 0 Å². The van der Waals surface area contributed by atoms with Gasteiger partial charge >= 0.3 is 0 Å². The van der Waals surface area contributed by atoms with Crippen molar-refractivity contribution in [3.05, 3.63) is 34.9 Å². The zero-order chi connectivity index (χ0) is 13.4. The van der Waals surface area contributed by atoms with Crippen molar-refractivity contribution in [2.24, 2.45) is 0 Å². The molecule has 0 spiro atoms. The molecular formula is C16H23ClN2O. The van der Waals surface area contributed by atoms with E-state index in [4.69, 9.17) is 0 Å². The summed E-state index contributed by atoms with van der Waals surface area (Å²) in [4.78, 5) is 14.7. The summed E-state index contributed by atoms with van der Waals surface area (Å²) in [5.41, 5.74) is 3.17. The number of aryl methyl sites for hydroxylation is 2. The zero-order valence-electron chi connectivity index (χ0n) is 12.2. The van der Waals surface area contributed by atoms with Crippen molar-refractivity contribution in [3.8, 4) is 0 Å². The van der Waals surface area contributed by atoms with Crippen molar-refractivity contribution in [2.75, 3.05) is 13.1 Å². The van der Waals surface area contributed by atoms with Crippen LogP contribution < -0.4 is 5.32 Å². The molecule has 2 heterocycles. The molecule has 0 aromatic heterocycles. The fourth-order valence-corrected chi connectivity index (χ4v) is 3.35. The first-order valence-corrected chi connectivity index (χ1v) is 7.26. The standard InChI is InChI=1S/C16H22N2O.ClH/c1-11-3-6-15(12(2)9-11)16(19)18-8-7-13-4-5-14(10-18)17-13;/h3,6,9,13-14,17H,4-5,7-8,10H2,1-2H3;1H. The van der Waals surface area contributed by atoms with E-state index in [9.17, 15) is 4.79 Å². The number of benzene rings is 1. The summed E-state index contributed by atoms with van der Waals surface area (Å²) in [5, 5.41) is 3.62. The second kappa shape index (κ2) is 6.15. The third-order valence-electron chi connectivity index (χ3n) is 4.42. The molecule has 1 aromatic rings. The van der Waals surface area contributed by atoms with E-state index < -0.39 is 0 Å². The summed E-state index contributed by atoms with van der Waals surface area (Å²) in [5.74, 6) is 0.201. The van der Waals surface area contributed by atoms with Crippen molar-refractivity contribution < 1.29 is 4.79 Å². The molecule has 2 unspecified atom stereocenters. The van der Waals surface area contributed by atoms with Crippen LogP contribution in [0.15, 0.2) is 18.2 Å². The summed E-state index contributed by atoms with van der Waals surface area (Å²) >= 11 is 0. The predicted octanol–water partition coefficient (Wildman–Crippen LogP) is 2.69. The van der Waals surface area contributed by atoms with Crippen molar-refractivity contribution >= 4 is 18.3 Å². The average Bonchev–Trinajstić information content (AvgIpc) is 2.68. The number of halogens is 1. The van der Waals surface area contributed by atoms with Crippen LogP contribution in [-0.2, 0) is 0 Å². The first-order chi connectivity index (χ1) is 9.13. The molecule has 3 rings (SSSR count). The third-order valence-corrected chi connectivity index (χ3v) is 4.42. The molecule has 2 aliphatic heterocycles. The number of amides is 1. The van der Waals surface area contributed by atoms with E-state index in [0.29, 0.717) is 12.1 Å². The number of likely N-dealkylation sites (tertiary alicyclic amines) is 1. The van der Waals surface area contributed by atoms with E-state index in [0.717, 1.165) is 30.6 Å². The number of nitrogens with one attached hydrogen (secondary N) is 1. The monoisotopic (exact) mass is 294 g/mol. The van der Waals surface area contributed by atoms with Gasteiger partial charge in [-0.1, -0.05) is 17.7 Å². The number of rotatable bonds is 1. The van der Waals surface area contributed by atoms with Gasteiger partial charge in [0.25, 0.3) is 5.91 Å². The average molecular weight is 295 g/mol. The molecule has 0 aliphatic carbocycles. The summed E-state index contributed by atoms with van der Waals surface area (Å²) in [7, 11) is 0. The number of carbonyl (C=O) groups excluding carboxylic acids is 1. The predicted molar refractivity (Wildman–Crippen MR) is 83.6 cm³/mol. The Hall–Kier alpha value is -1.06. The maximum Gasteiger partial charge on any atom is 0.254 e. The van der Waals surface area contributed by atoms with Gasteiger partial charge in [-0.05, 0) is 44.7 Å². The topological polar surface area (TPSA) is 32.3 Å². The lowest BCUT2D eigenvalue weighted by molar-refractivity contribution is 0.0747. The molecule has 2 aliphatic rings. The molecule has 0 radical (unpaired) electrons. The van der Waals surface area contributed by atoms with E-state index in [2.05, 4.69) is 18.3 Å². The maximum atomic E-state index is 12.7. The molecule has 2 atom stereocenters. The van der Waals surface area contributed by atoms with E-state index in [-0.39, 0.29) is 18.3 Å². The fourth-order valence-electron chi connectivity index (χ4n) is 3.35. The van der Waals surface area contributed by atoms with Crippen molar-refractivity contribution in [1.29, 1.82) is 0 Å². The highest BCUT2D eigenvalue weighted by molar-refractivity contribution is 5.95. The van der Waals surface area contributed by atoms with Gasteiger partial charge in [0, 0.05) is 30.7 Å². The number of hydrogen-bond acceptors (Lipinski definition) is 2. The minimum atomic E-state index is 0. The van der Waals surface area contributed by atoms with Crippen molar-refractivity contribution in [1.82, 2.24) is 10.2 Å². The maximum absolute atomic E-state index is 12.7. The molecule has 2 bridgehead atoms. The van der Waals surface area contributed by atoms with Crippen LogP contribution in [0.3, 0.4) is 0 Å². The van der Waals surface area contributed by atoms with E-state index >= 15 is 0 Å². The zero-order valence-corrected chi connectivity index (χ0v) is 13.0. The first-order valence-electron chi connectivity index (χ1n) is 7.26. The van der Waals surface area contributed by atoms with E-state index in [1.165, 1.54) is 18.4 Å². The molecule has 110 valence electrons. The first kappa shape index (κ1) is 15.3. The van der Waals surface area contributed by atoms with Gasteiger partial charge in [-0.15, -0.1) is 12.4 Å². The lowest BCUT2D eigenvalue weighted by Crippen LogP contribution is -2.39. The normalized spacial score (nSPS) is 25.0. The Morgan fingerprint density at radius 2 is 1.95 bits per heavy atom. The molecule has 1 amide bonds. The van der Waals surface area contributed by atoms with Gasteiger partial charge < -0.3 is 10.2 Å². The highest BCUT2D eigenvalue weighted by Crippen LogP contribution is 2.22. The Kier molecular flexibility index (Phi) is 4.71. The number of fused-ring (bicyclic) bond motifs is 2. The van der Waals surface area contributed by atoms with Gasteiger partial charge in [-0.3, -0.25) is 4.79 Å². The van der Waals surface area contributed by atoms with Crippen LogP contribution in [0, 0.1) is 13.8 Å². The minimum absolute atomic E-state index is 0. The Balaban J connectivity index is 0.00000147. The quantitative estimate of drug-likeness (QED) is 0.864. The lowest BCUT2D eigenvalue weighted by atomic mass is 10.0. The Labute approximate surface area is 127 Å². The Morgan fingerprint density at radius 1 is 1.20 bits per heavy atom. The van der Waals surface area contributed by atoms with Crippen LogP contribution in [-0.4, -0.2) is 36.0 Å². The molecular weight excluding hydrogens is 272 g/mol. The lowest BCUT2D eigenvalue weighted by Gasteiger charge is -2.25. The van der Waals surface area contributed by atoms with Gasteiger partial charge in [0.15, 0.2) is 0 Å². The summed E-state index contributed by atoms with van der Waals surface area (Å²) in [6.07, 6.45) is 3.57. The number of hydrogen-bond donors (Lipinski definition) is 1. The fraction of sp³-hybridized carbons (Fsp3) is 0.562. The summed E-state index contributed by atoms with van der Waals surface area (Å²) in [6, 6.07) is 7.23. The summed E-state index contributed by atoms with van der Waals surface area (Å²) < 4.78 is 0. The summed E-state index contributed by atoms with van der Waals surface area (Å²) in [6.45, 7) is 5.85. The van der Waals surface area contributed by atoms with Crippen LogP contribution in [0.2, 0.25) is 0 Å². The molecule has 4 heteroatoms. The molecule has 20 heavy (non-hydrogen) atoms. The van der Waals surface area contributed by atoms with Crippen molar-refractivity contribution in [2.45, 2.75) is 45.2 Å². The number of carbonyl (C=O) groups is 1. The third kappa shape index (κ3) is 2.99. The molecule has 0 saturated carbocycles. The van der Waals surface area contributed by atoms with Gasteiger partial charge in [0.2, 0.25) is 0 Å². The van der Waals surface area contributed by atoms with E-state index in [1.807, 2.05) is 24.0 Å². The van der Waals surface area contributed by atoms with Crippen LogP contribution >= 0.6 is 12.4 Å². The number of nitrogens with zero attached hydrogens (tertiary/aromatic N) is 1. The molecule has 3 nitrogen and oxygen atoms in total. The largest absolute Gasteiger partial charge is 0.337 e. The Morgan fingerprint density at radius 3 is 2.70 bits per heavy atom. The van der Waals surface area contributed by atoms with Crippen LogP contribution in [0.1, 0.15) is 40.7 Å². The van der Waals surface area contributed by atoms with Gasteiger partial charge in [0.05, 0.1) is 0 Å². The van der Waals surface area contributed by atoms with Gasteiger partial charge in [0.1, 0.15) is 0 Å². The van der Waals surface area contributed by atoms with Crippen LogP contribution in [0.4, 0.5) is 0 Å². The smallest absolute Gasteiger partial charge is 0.254 e.